The molecule has 4 heteroatoms. The monoisotopic (exact) mass is 379 g/mol. The van der Waals surface area contributed by atoms with Crippen molar-refractivity contribution >= 4 is 17.5 Å². The summed E-state index contributed by atoms with van der Waals surface area (Å²) in [4.78, 5) is 12.7. The fourth-order valence-corrected chi connectivity index (χ4v) is 4.08. The molecule has 3 nitrogen and oxygen atoms in total. The molecule has 27 heavy (non-hydrogen) atoms. The smallest absolute Gasteiger partial charge is 0.174 e. The highest BCUT2D eigenvalue weighted by molar-refractivity contribution is 8.00. The number of ketones is 1. The molecule has 0 bridgehead atoms. The normalized spacial score (nSPS) is 12.1. The van der Waals surface area contributed by atoms with E-state index in [4.69, 9.17) is 0 Å². The molecule has 0 aliphatic heterocycles. The maximum absolute atomic E-state index is 12.7. The van der Waals surface area contributed by atoms with Crippen LogP contribution in [0, 0.1) is 13.8 Å². The lowest BCUT2D eigenvalue weighted by atomic mass is 10.1. The van der Waals surface area contributed by atoms with Gasteiger partial charge in [-0.3, -0.25) is 4.79 Å². The molecule has 0 radical (unpaired) electrons. The Balaban J connectivity index is 1.61. The zero-order chi connectivity index (χ0) is 19.2. The molecule has 1 atom stereocenters. The van der Waals surface area contributed by atoms with Gasteiger partial charge in [0.2, 0.25) is 0 Å². The molecule has 1 N–H and O–H groups in total. The van der Waals surface area contributed by atoms with Crippen molar-refractivity contribution in [1.29, 1.82) is 0 Å². The van der Waals surface area contributed by atoms with Crippen LogP contribution >= 0.6 is 11.8 Å². The first-order valence-electron chi connectivity index (χ1n) is 9.11. The van der Waals surface area contributed by atoms with E-state index in [1.165, 1.54) is 17.3 Å². The first kappa shape index (κ1) is 19.5. The van der Waals surface area contributed by atoms with Crippen LogP contribution < -0.4 is 0 Å². The number of aromatic nitrogens is 1. The molecule has 0 saturated heterocycles. The minimum Gasteiger partial charge on any atom is -0.388 e. The van der Waals surface area contributed by atoms with Crippen molar-refractivity contribution in [3.63, 3.8) is 0 Å². The number of carbonyl (C=O) groups excluding carboxylic acids is 1. The highest BCUT2D eigenvalue weighted by atomic mass is 32.2. The summed E-state index contributed by atoms with van der Waals surface area (Å²) in [6.07, 6.45) is -0.547. The van der Waals surface area contributed by atoms with Crippen LogP contribution in [-0.2, 0) is 6.54 Å². The van der Waals surface area contributed by atoms with Gasteiger partial charge in [-0.15, -0.1) is 0 Å². The Kier molecular flexibility index (Phi) is 6.54. The van der Waals surface area contributed by atoms with Crippen LogP contribution in [0.2, 0.25) is 0 Å². The summed E-state index contributed by atoms with van der Waals surface area (Å²) < 4.78 is 2.19. The van der Waals surface area contributed by atoms with Gasteiger partial charge in [0.1, 0.15) is 0 Å². The molecule has 0 saturated carbocycles. The Morgan fingerprint density at radius 3 is 2.33 bits per heavy atom. The van der Waals surface area contributed by atoms with E-state index < -0.39 is 6.10 Å². The van der Waals surface area contributed by atoms with E-state index in [1.54, 1.807) is 0 Å². The second-order valence-corrected chi connectivity index (χ2v) is 7.75. The topological polar surface area (TPSA) is 42.2 Å². The molecular weight excluding hydrogens is 354 g/mol. The molecule has 0 spiro atoms. The Hall–Kier alpha value is -2.30. The van der Waals surface area contributed by atoms with E-state index >= 15 is 0 Å². The first-order valence-corrected chi connectivity index (χ1v) is 10.3. The molecule has 3 aromatic rings. The van der Waals surface area contributed by atoms with Gasteiger partial charge in [0, 0.05) is 29.2 Å². The maximum atomic E-state index is 12.7. The van der Waals surface area contributed by atoms with Gasteiger partial charge in [0.25, 0.3) is 0 Å². The van der Waals surface area contributed by atoms with Gasteiger partial charge in [0.15, 0.2) is 5.78 Å². The van der Waals surface area contributed by atoms with Gasteiger partial charge in [-0.1, -0.05) is 60.7 Å². The van der Waals surface area contributed by atoms with E-state index in [-0.39, 0.29) is 5.78 Å². The molecule has 2 aromatic carbocycles. The lowest BCUT2D eigenvalue weighted by Gasteiger charge is -2.11. The number of aliphatic hydroxyl groups is 1. The number of thioether (sulfide) groups is 1. The molecule has 0 aliphatic rings. The summed E-state index contributed by atoms with van der Waals surface area (Å²) in [6, 6.07) is 21.8. The standard InChI is InChI=1S/C23H25NO2S/c1-17-13-21(18(2)24(17)14-19-9-5-3-6-10-19)23(26)16-27-15-22(25)20-11-7-4-8-12-20/h3-13,22,25H,14-16H2,1-2H3. The van der Waals surface area contributed by atoms with Gasteiger partial charge in [-0.2, -0.15) is 11.8 Å². The summed E-state index contributed by atoms with van der Waals surface area (Å²) >= 11 is 1.48. The molecule has 140 valence electrons. The van der Waals surface area contributed by atoms with Crippen LogP contribution in [0.15, 0.2) is 66.7 Å². The van der Waals surface area contributed by atoms with E-state index in [9.17, 15) is 9.90 Å². The fourth-order valence-electron chi connectivity index (χ4n) is 3.21. The van der Waals surface area contributed by atoms with Crippen molar-refractivity contribution in [2.75, 3.05) is 11.5 Å². The molecule has 1 heterocycles. The third kappa shape index (κ3) is 4.90. The number of aryl methyl sites for hydroxylation is 1. The van der Waals surface area contributed by atoms with Crippen LogP contribution in [0.5, 0.6) is 0 Å². The van der Waals surface area contributed by atoms with E-state index in [0.29, 0.717) is 11.5 Å². The third-order valence-corrected chi connectivity index (χ3v) is 5.77. The minimum absolute atomic E-state index is 0.118. The van der Waals surface area contributed by atoms with Crippen molar-refractivity contribution in [2.24, 2.45) is 0 Å². The van der Waals surface area contributed by atoms with Gasteiger partial charge in [-0.25, -0.2) is 0 Å². The number of carbonyl (C=O) groups is 1. The summed E-state index contributed by atoms with van der Waals surface area (Å²) in [7, 11) is 0. The number of Topliss-reactive ketones (excluding diaryl/α,β-unsaturated/α-hetero) is 1. The Morgan fingerprint density at radius 1 is 1.04 bits per heavy atom. The fraction of sp³-hybridized carbons (Fsp3) is 0.261. The third-order valence-electron chi connectivity index (χ3n) is 4.75. The molecule has 1 unspecified atom stereocenters. The van der Waals surface area contributed by atoms with Crippen LogP contribution in [-0.4, -0.2) is 27.0 Å². The van der Waals surface area contributed by atoms with Crippen molar-refractivity contribution in [1.82, 2.24) is 4.57 Å². The number of benzene rings is 2. The molecular formula is C23H25NO2S. The Bertz CT molecular complexity index is 888. The molecule has 0 aliphatic carbocycles. The highest BCUT2D eigenvalue weighted by Crippen LogP contribution is 2.22. The molecule has 1 aromatic heterocycles. The predicted molar refractivity (Wildman–Crippen MR) is 113 cm³/mol. The average molecular weight is 380 g/mol. The lowest BCUT2D eigenvalue weighted by molar-refractivity contribution is 0.102. The highest BCUT2D eigenvalue weighted by Gasteiger charge is 2.17. The largest absolute Gasteiger partial charge is 0.388 e. The predicted octanol–water partition coefficient (Wildman–Crippen LogP) is 4.80. The summed E-state index contributed by atoms with van der Waals surface area (Å²) in [5, 5.41) is 10.2. The lowest BCUT2D eigenvalue weighted by Crippen LogP contribution is -2.09. The number of rotatable bonds is 8. The number of aliphatic hydroxyl groups excluding tert-OH is 1. The zero-order valence-corrected chi connectivity index (χ0v) is 16.6. The zero-order valence-electron chi connectivity index (χ0n) is 15.8. The van der Waals surface area contributed by atoms with Gasteiger partial charge in [0.05, 0.1) is 11.9 Å². The van der Waals surface area contributed by atoms with E-state index in [2.05, 4.69) is 16.7 Å². The molecule has 0 fully saturated rings. The van der Waals surface area contributed by atoms with Crippen LogP contribution in [0.25, 0.3) is 0 Å². The number of hydrogen-bond donors (Lipinski definition) is 1. The first-order chi connectivity index (χ1) is 13.1. The number of nitrogens with zero attached hydrogens (tertiary/aromatic N) is 1. The minimum atomic E-state index is -0.547. The van der Waals surface area contributed by atoms with Gasteiger partial charge < -0.3 is 9.67 Å². The van der Waals surface area contributed by atoms with Gasteiger partial charge in [-0.05, 0) is 31.0 Å². The Morgan fingerprint density at radius 2 is 1.67 bits per heavy atom. The summed E-state index contributed by atoms with van der Waals surface area (Å²) in [5.74, 6) is 1.01. The van der Waals surface area contributed by atoms with E-state index in [0.717, 1.165) is 29.1 Å². The summed E-state index contributed by atoms with van der Waals surface area (Å²) in [5.41, 5.74) is 4.99. The second kappa shape index (κ2) is 9.07. The van der Waals surface area contributed by atoms with Crippen molar-refractivity contribution in [3.05, 3.63) is 94.8 Å². The van der Waals surface area contributed by atoms with Crippen molar-refractivity contribution < 1.29 is 9.90 Å². The molecule has 3 rings (SSSR count). The van der Waals surface area contributed by atoms with Crippen LogP contribution in [0.1, 0.15) is 39.0 Å². The SMILES string of the molecule is Cc1cc(C(=O)CSCC(O)c2ccccc2)c(C)n1Cc1ccccc1. The quantitative estimate of drug-likeness (QED) is 0.572. The van der Waals surface area contributed by atoms with E-state index in [1.807, 2.05) is 68.4 Å². The van der Waals surface area contributed by atoms with Crippen LogP contribution in [0.4, 0.5) is 0 Å². The summed E-state index contributed by atoms with van der Waals surface area (Å²) in [6.45, 7) is 4.82. The van der Waals surface area contributed by atoms with Crippen LogP contribution in [0.3, 0.4) is 0 Å². The molecule has 0 amide bonds. The second-order valence-electron chi connectivity index (χ2n) is 6.72. The Labute approximate surface area is 165 Å². The maximum Gasteiger partial charge on any atom is 0.174 e. The van der Waals surface area contributed by atoms with Crippen molar-refractivity contribution in [2.45, 2.75) is 26.5 Å². The number of hydrogen-bond acceptors (Lipinski definition) is 3. The van der Waals surface area contributed by atoms with Gasteiger partial charge >= 0.3 is 0 Å². The van der Waals surface area contributed by atoms with Crippen molar-refractivity contribution in [3.8, 4) is 0 Å². The average Bonchev–Trinajstić information content (AvgIpc) is 2.97.